The van der Waals surface area contributed by atoms with Gasteiger partial charge in [-0.15, -0.1) is 0 Å². The van der Waals surface area contributed by atoms with Gasteiger partial charge in [0.25, 0.3) is 0 Å². The molecule has 0 atom stereocenters. The van der Waals surface area contributed by atoms with Crippen LogP contribution in [0.5, 0.6) is 11.5 Å². The zero-order valence-electron chi connectivity index (χ0n) is 13.5. The van der Waals surface area contributed by atoms with Crippen molar-refractivity contribution in [2.45, 2.75) is 25.2 Å². The Labute approximate surface area is 132 Å². The topological polar surface area (TPSA) is 38.7 Å². The molecule has 118 valence electrons. The third-order valence-corrected chi connectivity index (χ3v) is 4.29. The smallest absolute Gasteiger partial charge is 0.118 e. The van der Waals surface area contributed by atoms with Crippen LogP contribution in [0.15, 0.2) is 48.5 Å². The van der Waals surface area contributed by atoms with Crippen LogP contribution in [0.4, 0.5) is 0 Å². The standard InChI is InChI=1S/C19H24O3/c1-19(13-4-14-20,15-5-9-17(21-2)10-6-15)16-7-11-18(22-3)12-8-16/h5-12,20H,4,13-14H2,1-3H3. The minimum Gasteiger partial charge on any atom is -0.497 e. The quantitative estimate of drug-likeness (QED) is 0.845. The first-order valence-electron chi connectivity index (χ1n) is 7.54. The van der Waals surface area contributed by atoms with Gasteiger partial charge in [0.15, 0.2) is 0 Å². The van der Waals surface area contributed by atoms with E-state index in [1.54, 1.807) is 14.2 Å². The summed E-state index contributed by atoms with van der Waals surface area (Å²) in [5.74, 6) is 1.70. The van der Waals surface area contributed by atoms with E-state index in [1.165, 1.54) is 11.1 Å². The van der Waals surface area contributed by atoms with E-state index >= 15 is 0 Å². The fourth-order valence-electron chi connectivity index (χ4n) is 2.81. The molecule has 0 aliphatic carbocycles. The van der Waals surface area contributed by atoms with E-state index in [9.17, 15) is 5.11 Å². The highest BCUT2D eigenvalue weighted by atomic mass is 16.5. The third kappa shape index (κ3) is 3.42. The summed E-state index contributed by atoms with van der Waals surface area (Å²) in [5.41, 5.74) is 2.28. The molecule has 2 rings (SSSR count). The lowest BCUT2D eigenvalue weighted by atomic mass is 9.73. The first kappa shape index (κ1) is 16.4. The first-order chi connectivity index (χ1) is 10.6. The van der Waals surface area contributed by atoms with Crippen molar-refractivity contribution < 1.29 is 14.6 Å². The van der Waals surface area contributed by atoms with E-state index in [1.807, 2.05) is 24.3 Å². The summed E-state index contributed by atoms with van der Waals surface area (Å²) < 4.78 is 10.5. The minimum atomic E-state index is -0.152. The number of benzene rings is 2. The average Bonchev–Trinajstić information content (AvgIpc) is 2.59. The second kappa shape index (κ2) is 7.32. The molecule has 0 bridgehead atoms. The number of rotatable bonds is 7. The molecule has 0 heterocycles. The highest BCUT2D eigenvalue weighted by Gasteiger charge is 2.28. The molecule has 0 saturated carbocycles. The molecule has 0 fully saturated rings. The van der Waals surface area contributed by atoms with Gasteiger partial charge in [-0.1, -0.05) is 31.2 Å². The van der Waals surface area contributed by atoms with Crippen molar-refractivity contribution >= 4 is 0 Å². The van der Waals surface area contributed by atoms with Crippen LogP contribution in [0.1, 0.15) is 30.9 Å². The molecule has 22 heavy (non-hydrogen) atoms. The van der Waals surface area contributed by atoms with Crippen molar-refractivity contribution in [1.29, 1.82) is 0 Å². The highest BCUT2D eigenvalue weighted by Crippen LogP contribution is 2.37. The van der Waals surface area contributed by atoms with Crippen molar-refractivity contribution in [2.75, 3.05) is 20.8 Å². The Morgan fingerprint density at radius 1 is 0.818 bits per heavy atom. The molecule has 3 heteroatoms. The molecule has 0 radical (unpaired) electrons. The van der Waals surface area contributed by atoms with Crippen LogP contribution < -0.4 is 9.47 Å². The Bertz CT molecular complexity index is 525. The Morgan fingerprint density at radius 3 is 1.55 bits per heavy atom. The van der Waals surface area contributed by atoms with Gasteiger partial charge in [-0.3, -0.25) is 0 Å². The van der Waals surface area contributed by atoms with Gasteiger partial charge >= 0.3 is 0 Å². The van der Waals surface area contributed by atoms with E-state index < -0.39 is 0 Å². The predicted molar refractivity (Wildman–Crippen MR) is 88.8 cm³/mol. The summed E-state index contributed by atoms with van der Waals surface area (Å²) >= 11 is 0. The molecule has 0 unspecified atom stereocenters. The molecule has 0 aliphatic heterocycles. The number of hydrogen-bond acceptors (Lipinski definition) is 3. The van der Waals surface area contributed by atoms with E-state index in [-0.39, 0.29) is 12.0 Å². The predicted octanol–water partition coefficient (Wildman–Crippen LogP) is 3.78. The molecule has 0 spiro atoms. The monoisotopic (exact) mass is 300 g/mol. The number of aliphatic hydroxyl groups excluding tert-OH is 1. The van der Waals surface area contributed by atoms with Gasteiger partial charge in [0.1, 0.15) is 11.5 Å². The van der Waals surface area contributed by atoms with E-state index in [4.69, 9.17) is 9.47 Å². The number of methoxy groups -OCH3 is 2. The Kier molecular flexibility index (Phi) is 5.45. The second-order valence-corrected chi connectivity index (χ2v) is 5.62. The highest BCUT2D eigenvalue weighted by molar-refractivity contribution is 5.42. The van der Waals surface area contributed by atoms with Crippen molar-refractivity contribution in [3.63, 3.8) is 0 Å². The maximum absolute atomic E-state index is 9.25. The lowest BCUT2D eigenvalue weighted by molar-refractivity contribution is 0.272. The van der Waals surface area contributed by atoms with Gasteiger partial charge < -0.3 is 14.6 Å². The molecular formula is C19H24O3. The van der Waals surface area contributed by atoms with Gasteiger partial charge in [-0.2, -0.15) is 0 Å². The first-order valence-corrected chi connectivity index (χ1v) is 7.54. The van der Waals surface area contributed by atoms with E-state index in [2.05, 4.69) is 31.2 Å². The van der Waals surface area contributed by atoms with Crippen LogP contribution in [0.3, 0.4) is 0 Å². The van der Waals surface area contributed by atoms with Crippen LogP contribution in [-0.2, 0) is 5.41 Å². The molecule has 1 N–H and O–H groups in total. The van der Waals surface area contributed by atoms with Crippen LogP contribution in [0.2, 0.25) is 0 Å². The molecule has 0 amide bonds. The molecular weight excluding hydrogens is 276 g/mol. The van der Waals surface area contributed by atoms with Gasteiger partial charge in [0, 0.05) is 12.0 Å². The summed E-state index contributed by atoms with van der Waals surface area (Å²) in [6.45, 7) is 2.41. The summed E-state index contributed by atoms with van der Waals surface area (Å²) in [4.78, 5) is 0. The van der Waals surface area contributed by atoms with Gasteiger partial charge in [-0.05, 0) is 48.2 Å². The molecule has 0 aromatic heterocycles. The zero-order valence-corrected chi connectivity index (χ0v) is 13.5. The lowest BCUT2D eigenvalue weighted by Crippen LogP contribution is -2.24. The summed E-state index contributed by atoms with van der Waals surface area (Å²) in [7, 11) is 3.34. The van der Waals surface area contributed by atoms with Gasteiger partial charge in [-0.25, -0.2) is 0 Å². The SMILES string of the molecule is COc1ccc(C(C)(CCCO)c2ccc(OC)cc2)cc1. The number of ether oxygens (including phenoxy) is 2. The number of aliphatic hydroxyl groups is 1. The molecule has 2 aromatic carbocycles. The molecule has 3 nitrogen and oxygen atoms in total. The molecule has 0 aliphatic rings. The Balaban J connectivity index is 2.40. The summed E-state index contributed by atoms with van der Waals surface area (Å²) in [5, 5.41) is 9.25. The Hall–Kier alpha value is -2.00. The maximum Gasteiger partial charge on any atom is 0.118 e. The van der Waals surface area contributed by atoms with Gasteiger partial charge in [0.05, 0.1) is 14.2 Å². The van der Waals surface area contributed by atoms with Crippen molar-refractivity contribution in [3.8, 4) is 11.5 Å². The van der Waals surface area contributed by atoms with Crippen molar-refractivity contribution in [2.24, 2.45) is 0 Å². The molecule has 2 aromatic rings. The fourth-order valence-corrected chi connectivity index (χ4v) is 2.81. The van der Waals surface area contributed by atoms with Crippen LogP contribution in [0, 0.1) is 0 Å². The van der Waals surface area contributed by atoms with E-state index in [0.717, 1.165) is 24.3 Å². The maximum atomic E-state index is 9.25. The second-order valence-electron chi connectivity index (χ2n) is 5.62. The average molecular weight is 300 g/mol. The van der Waals surface area contributed by atoms with Crippen LogP contribution in [0.25, 0.3) is 0 Å². The Morgan fingerprint density at radius 2 is 1.23 bits per heavy atom. The number of hydrogen-bond donors (Lipinski definition) is 1. The van der Waals surface area contributed by atoms with Gasteiger partial charge in [0.2, 0.25) is 0 Å². The van der Waals surface area contributed by atoms with Crippen LogP contribution in [-0.4, -0.2) is 25.9 Å². The summed E-state index contributed by atoms with van der Waals surface area (Å²) in [6.07, 6.45) is 1.64. The largest absolute Gasteiger partial charge is 0.497 e. The third-order valence-electron chi connectivity index (χ3n) is 4.29. The summed E-state index contributed by atoms with van der Waals surface area (Å²) in [6, 6.07) is 16.3. The minimum absolute atomic E-state index is 0.152. The van der Waals surface area contributed by atoms with Crippen molar-refractivity contribution in [1.82, 2.24) is 0 Å². The fraction of sp³-hybridized carbons (Fsp3) is 0.368. The zero-order chi connectivity index (χ0) is 16.0. The van der Waals surface area contributed by atoms with E-state index in [0.29, 0.717) is 0 Å². The molecule has 0 saturated heterocycles. The lowest BCUT2D eigenvalue weighted by Gasteiger charge is -2.31. The van der Waals surface area contributed by atoms with Crippen molar-refractivity contribution in [3.05, 3.63) is 59.7 Å². The normalized spacial score (nSPS) is 11.3. The van der Waals surface area contributed by atoms with Crippen LogP contribution >= 0.6 is 0 Å².